The highest BCUT2D eigenvalue weighted by molar-refractivity contribution is 9.15. The van der Waals surface area contributed by atoms with E-state index in [1.807, 2.05) is 6.07 Å². The third-order valence-corrected chi connectivity index (χ3v) is 5.93. The maximum Gasteiger partial charge on any atom is 0.0615 e. The molecule has 1 saturated heterocycles. The van der Waals surface area contributed by atoms with Gasteiger partial charge in [-0.3, -0.25) is 4.90 Å². The van der Waals surface area contributed by atoms with E-state index in [1.165, 1.54) is 22.3 Å². The van der Waals surface area contributed by atoms with Crippen LogP contribution in [0.4, 0.5) is 0 Å². The van der Waals surface area contributed by atoms with Crippen LogP contribution < -0.4 is 0 Å². The molecule has 1 unspecified atom stereocenters. The maximum atomic E-state index is 6.37. The molecule has 0 aromatic heterocycles. The second kappa shape index (κ2) is 6.64. The van der Waals surface area contributed by atoms with Crippen molar-refractivity contribution in [2.45, 2.75) is 6.04 Å². The molecular weight excluding hydrogens is 384 g/mol. The smallest absolute Gasteiger partial charge is 0.0615 e. The minimum absolute atomic E-state index is 0.245. The minimum atomic E-state index is 0.245. The lowest BCUT2D eigenvalue weighted by molar-refractivity contribution is 0.127. The quantitative estimate of drug-likeness (QED) is 0.669. The third kappa shape index (κ3) is 2.95. The molecule has 0 amide bonds. The fourth-order valence-electron chi connectivity index (χ4n) is 3.72. The van der Waals surface area contributed by atoms with Gasteiger partial charge < -0.3 is 4.90 Å². The minimum Gasteiger partial charge on any atom is -0.304 e. The van der Waals surface area contributed by atoms with Crippen LogP contribution in [0.5, 0.6) is 0 Å². The molecule has 0 saturated carbocycles. The van der Waals surface area contributed by atoms with Gasteiger partial charge in [0.05, 0.1) is 6.04 Å². The van der Waals surface area contributed by atoms with Crippen molar-refractivity contribution in [3.8, 4) is 0 Å². The highest BCUT2D eigenvalue weighted by Gasteiger charge is 2.30. The normalized spacial score (nSPS) is 21.6. The van der Waals surface area contributed by atoms with Crippen molar-refractivity contribution in [1.82, 2.24) is 9.80 Å². The first-order valence-electron chi connectivity index (χ1n) is 8.32. The summed E-state index contributed by atoms with van der Waals surface area (Å²) in [4.78, 5) is 4.99. The molecule has 2 aromatic rings. The number of nitrogens with zero attached hydrogens (tertiary/aromatic N) is 2. The van der Waals surface area contributed by atoms with Crippen molar-refractivity contribution in [3.63, 3.8) is 0 Å². The summed E-state index contributed by atoms with van der Waals surface area (Å²) in [5.74, 6) is 0. The molecule has 1 aliphatic carbocycles. The van der Waals surface area contributed by atoms with Gasteiger partial charge in [-0.25, -0.2) is 0 Å². The summed E-state index contributed by atoms with van der Waals surface area (Å²) in [6.45, 7) is 4.34. The van der Waals surface area contributed by atoms with Crippen LogP contribution in [0.2, 0.25) is 5.02 Å². The van der Waals surface area contributed by atoms with Crippen molar-refractivity contribution < 1.29 is 0 Å². The van der Waals surface area contributed by atoms with Gasteiger partial charge in [0.1, 0.15) is 0 Å². The molecule has 4 rings (SSSR count). The second-order valence-electron chi connectivity index (χ2n) is 6.59. The number of hydrogen-bond acceptors (Lipinski definition) is 2. The average molecular weight is 404 g/mol. The van der Waals surface area contributed by atoms with E-state index in [0.29, 0.717) is 0 Å². The molecule has 4 heteroatoms. The molecule has 0 N–H and O–H groups in total. The fourth-order valence-corrected chi connectivity index (χ4v) is 4.51. The van der Waals surface area contributed by atoms with E-state index in [4.69, 9.17) is 11.6 Å². The first-order chi connectivity index (χ1) is 11.6. The lowest BCUT2D eigenvalue weighted by Crippen LogP contribution is -2.46. The van der Waals surface area contributed by atoms with E-state index < -0.39 is 0 Å². The van der Waals surface area contributed by atoms with Crippen LogP contribution in [0.3, 0.4) is 0 Å². The Morgan fingerprint density at radius 1 is 1.00 bits per heavy atom. The summed E-state index contributed by atoms with van der Waals surface area (Å²) in [5.41, 5.74) is 5.17. The molecular formula is C20H20BrClN2. The Kier molecular flexibility index (Phi) is 4.52. The zero-order chi connectivity index (χ0) is 16.7. The van der Waals surface area contributed by atoms with Gasteiger partial charge in [-0.05, 0) is 47.5 Å². The van der Waals surface area contributed by atoms with Crippen molar-refractivity contribution in [1.29, 1.82) is 0 Å². The van der Waals surface area contributed by atoms with E-state index in [1.54, 1.807) is 0 Å². The standard InChI is InChI=1S/C20H20BrClN2/c1-23-8-10-24(11-9-23)20-16-5-3-2-4-14(16)12-19(21)17-7-6-15(22)13-18(17)20/h2-7,12-13,20H,8-11H2,1H3. The lowest BCUT2D eigenvalue weighted by Gasteiger charge is -2.39. The van der Waals surface area contributed by atoms with Gasteiger partial charge in [-0.2, -0.15) is 0 Å². The Balaban J connectivity index is 1.89. The summed E-state index contributed by atoms with van der Waals surface area (Å²) >= 11 is 10.2. The number of likely N-dealkylation sites (N-methyl/N-ethyl adjacent to an activating group) is 1. The molecule has 2 aromatic carbocycles. The van der Waals surface area contributed by atoms with Gasteiger partial charge in [0.2, 0.25) is 0 Å². The first kappa shape index (κ1) is 16.3. The molecule has 2 nitrogen and oxygen atoms in total. The lowest BCUT2D eigenvalue weighted by atomic mass is 9.92. The number of hydrogen-bond donors (Lipinski definition) is 0. The van der Waals surface area contributed by atoms with Gasteiger partial charge in [-0.1, -0.05) is 57.9 Å². The monoisotopic (exact) mass is 402 g/mol. The third-order valence-electron chi connectivity index (χ3n) is 5.04. The van der Waals surface area contributed by atoms with Crippen LogP contribution in [0.25, 0.3) is 10.6 Å². The first-order valence-corrected chi connectivity index (χ1v) is 9.49. The van der Waals surface area contributed by atoms with Crippen LogP contribution in [-0.4, -0.2) is 43.0 Å². The van der Waals surface area contributed by atoms with Crippen LogP contribution in [0, 0.1) is 0 Å². The SMILES string of the molecule is CN1CCN(C2c3ccccc3C=C(Br)c3ccc(Cl)cc32)CC1. The van der Waals surface area contributed by atoms with E-state index in [0.717, 1.165) is 35.7 Å². The molecule has 0 bridgehead atoms. The summed E-state index contributed by atoms with van der Waals surface area (Å²) in [7, 11) is 2.20. The second-order valence-corrected chi connectivity index (χ2v) is 7.89. The Morgan fingerprint density at radius 3 is 2.54 bits per heavy atom. The number of piperazine rings is 1. The van der Waals surface area contributed by atoms with E-state index >= 15 is 0 Å². The molecule has 124 valence electrons. The van der Waals surface area contributed by atoms with Gasteiger partial charge in [0.15, 0.2) is 0 Å². The van der Waals surface area contributed by atoms with Gasteiger partial charge in [-0.15, -0.1) is 0 Å². The summed E-state index contributed by atoms with van der Waals surface area (Å²) in [6, 6.07) is 15.2. The van der Waals surface area contributed by atoms with Gasteiger partial charge in [0.25, 0.3) is 0 Å². The van der Waals surface area contributed by atoms with Crippen molar-refractivity contribution in [2.75, 3.05) is 33.2 Å². The topological polar surface area (TPSA) is 6.48 Å². The average Bonchev–Trinajstić information content (AvgIpc) is 2.69. The highest BCUT2D eigenvalue weighted by atomic mass is 79.9. The Bertz CT molecular complexity index is 794. The Hall–Kier alpha value is -1.13. The summed E-state index contributed by atoms with van der Waals surface area (Å²) in [6.07, 6.45) is 2.23. The number of fused-ring (bicyclic) bond motifs is 2. The maximum absolute atomic E-state index is 6.37. The highest BCUT2D eigenvalue weighted by Crippen LogP contribution is 2.42. The molecule has 1 heterocycles. The van der Waals surface area contributed by atoms with Crippen LogP contribution >= 0.6 is 27.5 Å². The number of halogens is 2. The largest absolute Gasteiger partial charge is 0.304 e. The fraction of sp³-hybridized carbons (Fsp3) is 0.300. The zero-order valence-corrected chi connectivity index (χ0v) is 16.0. The Labute approximate surface area is 156 Å². The Morgan fingerprint density at radius 2 is 1.75 bits per heavy atom. The molecule has 0 radical (unpaired) electrons. The van der Waals surface area contributed by atoms with Crippen LogP contribution in [0.15, 0.2) is 42.5 Å². The van der Waals surface area contributed by atoms with Gasteiger partial charge >= 0.3 is 0 Å². The molecule has 24 heavy (non-hydrogen) atoms. The summed E-state index contributed by atoms with van der Waals surface area (Å²) in [5, 5.41) is 0.799. The number of rotatable bonds is 1. The van der Waals surface area contributed by atoms with Crippen LogP contribution in [0.1, 0.15) is 28.3 Å². The van der Waals surface area contributed by atoms with Gasteiger partial charge in [0, 0.05) is 35.7 Å². The molecule has 1 aliphatic heterocycles. The molecule has 2 aliphatic rings. The van der Waals surface area contributed by atoms with Crippen LogP contribution in [-0.2, 0) is 0 Å². The predicted molar refractivity (Wildman–Crippen MR) is 106 cm³/mol. The van der Waals surface area contributed by atoms with E-state index in [9.17, 15) is 0 Å². The van der Waals surface area contributed by atoms with Crippen molar-refractivity contribution >= 4 is 38.1 Å². The molecule has 1 atom stereocenters. The molecule has 0 spiro atoms. The zero-order valence-electron chi connectivity index (χ0n) is 13.7. The summed E-state index contributed by atoms with van der Waals surface area (Å²) < 4.78 is 1.12. The predicted octanol–water partition coefficient (Wildman–Crippen LogP) is 4.88. The molecule has 1 fully saturated rings. The van der Waals surface area contributed by atoms with Crippen molar-refractivity contribution in [2.24, 2.45) is 0 Å². The number of benzene rings is 2. The van der Waals surface area contributed by atoms with E-state index in [-0.39, 0.29) is 6.04 Å². The van der Waals surface area contributed by atoms with E-state index in [2.05, 4.69) is 75.3 Å². The van der Waals surface area contributed by atoms with Crippen molar-refractivity contribution in [3.05, 3.63) is 69.7 Å².